The summed E-state index contributed by atoms with van der Waals surface area (Å²) in [5, 5.41) is 7.37. The van der Waals surface area contributed by atoms with Gasteiger partial charge in [0.25, 0.3) is 0 Å². The van der Waals surface area contributed by atoms with Gasteiger partial charge in [-0.2, -0.15) is 11.8 Å². The van der Waals surface area contributed by atoms with Crippen LogP contribution in [0.4, 0.5) is 4.79 Å². The first-order valence-corrected chi connectivity index (χ1v) is 18.1. The largest absolute Gasteiger partial charge is 0.466 e. The van der Waals surface area contributed by atoms with Crippen molar-refractivity contribution in [1.29, 1.82) is 0 Å². The average molecular weight is 646 g/mol. The van der Waals surface area contributed by atoms with E-state index in [9.17, 15) is 14.4 Å². The first-order chi connectivity index (χ1) is 22.3. The third-order valence-electron chi connectivity index (χ3n) is 10.2. The second-order valence-electron chi connectivity index (χ2n) is 13.8. The van der Waals surface area contributed by atoms with E-state index in [0.717, 1.165) is 59.5 Å². The predicted molar refractivity (Wildman–Crippen MR) is 182 cm³/mol. The van der Waals surface area contributed by atoms with Gasteiger partial charge >= 0.3 is 12.1 Å². The number of carbonyl (C=O) groups excluding carboxylic acids is 3. The van der Waals surface area contributed by atoms with E-state index in [4.69, 9.17) is 9.47 Å². The fraction of sp³-hybridized carbons (Fsp3) is 0.541. The van der Waals surface area contributed by atoms with Crippen molar-refractivity contribution in [2.45, 2.75) is 82.9 Å². The van der Waals surface area contributed by atoms with Crippen molar-refractivity contribution in [2.24, 2.45) is 23.7 Å². The Hall–Kier alpha value is -3.46. The number of hydrogen-bond donors (Lipinski definition) is 3. The van der Waals surface area contributed by atoms with Crippen LogP contribution in [-0.4, -0.2) is 58.8 Å². The Kier molecular flexibility index (Phi) is 10.3. The van der Waals surface area contributed by atoms with Crippen molar-refractivity contribution in [2.75, 3.05) is 18.1 Å². The van der Waals surface area contributed by atoms with E-state index in [1.807, 2.05) is 60.8 Å². The molecule has 7 rings (SSSR count). The SMILES string of the molecule is CCOC(=O)CCSC[C@H](Cc1ccccc1)NC(=O)[C@@](C)(Cc1c[nH]c2ccccc12)NC(=O)OC1C2CC3CC(C2)CC1C3. The Morgan fingerprint density at radius 1 is 0.978 bits per heavy atom. The molecule has 0 aliphatic heterocycles. The van der Waals surface area contributed by atoms with Crippen LogP contribution in [0, 0.1) is 23.7 Å². The van der Waals surface area contributed by atoms with Crippen molar-refractivity contribution in [3.05, 3.63) is 71.9 Å². The molecule has 1 aromatic heterocycles. The van der Waals surface area contributed by atoms with Crippen molar-refractivity contribution in [1.82, 2.24) is 15.6 Å². The number of fused-ring (bicyclic) bond motifs is 1. The summed E-state index contributed by atoms with van der Waals surface area (Å²) in [7, 11) is 0. The molecule has 8 nitrogen and oxygen atoms in total. The number of carbonyl (C=O) groups is 3. The summed E-state index contributed by atoms with van der Waals surface area (Å²) in [6.45, 7) is 3.97. The molecule has 3 N–H and O–H groups in total. The summed E-state index contributed by atoms with van der Waals surface area (Å²) in [6, 6.07) is 17.8. The van der Waals surface area contributed by atoms with E-state index in [-0.39, 0.29) is 24.0 Å². The fourth-order valence-corrected chi connectivity index (χ4v) is 9.26. The maximum atomic E-state index is 14.4. The van der Waals surface area contributed by atoms with Crippen LogP contribution in [0.5, 0.6) is 0 Å². The number of benzene rings is 2. The van der Waals surface area contributed by atoms with E-state index in [1.165, 1.54) is 6.42 Å². The Morgan fingerprint density at radius 3 is 2.39 bits per heavy atom. The molecule has 2 amide bonds. The number of ether oxygens (including phenoxy) is 2. The maximum Gasteiger partial charge on any atom is 0.408 e. The van der Waals surface area contributed by atoms with E-state index in [0.29, 0.717) is 49.2 Å². The molecule has 4 aliphatic rings. The highest BCUT2D eigenvalue weighted by Crippen LogP contribution is 2.54. The van der Waals surface area contributed by atoms with Crippen LogP contribution in [0.2, 0.25) is 0 Å². The monoisotopic (exact) mass is 645 g/mol. The molecule has 246 valence electrons. The minimum Gasteiger partial charge on any atom is -0.466 e. The van der Waals surface area contributed by atoms with Crippen LogP contribution < -0.4 is 10.6 Å². The second-order valence-corrected chi connectivity index (χ2v) is 14.9. The third kappa shape index (κ3) is 7.73. The minimum atomic E-state index is -1.27. The van der Waals surface area contributed by atoms with Gasteiger partial charge in [-0.1, -0.05) is 48.5 Å². The standard InChI is InChI=1S/C37H47N3O5S/c1-3-44-33(41)13-14-46-23-30(20-24-9-5-4-6-10-24)39-35(42)37(2,21-29-22-38-32-12-8-7-11-31(29)32)40-36(43)45-34-27-16-25-15-26(18-27)19-28(34)17-25/h4-12,22,25-28,30,34,38H,3,13-21,23H2,1-2H3,(H,39,42)(H,40,43)/t25?,26?,27?,28?,30-,34?,37+/m0/s1. The molecule has 2 atom stereocenters. The first-order valence-electron chi connectivity index (χ1n) is 16.9. The Bertz CT molecular complexity index is 1480. The van der Waals surface area contributed by atoms with Gasteiger partial charge in [0.1, 0.15) is 11.6 Å². The lowest BCUT2D eigenvalue weighted by atomic mass is 9.55. The highest BCUT2D eigenvalue weighted by molar-refractivity contribution is 7.99. The van der Waals surface area contributed by atoms with Gasteiger partial charge in [-0.05, 0) is 93.2 Å². The zero-order valence-electron chi connectivity index (χ0n) is 27.0. The highest BCUT2D eigenvalue weighted by Gasteiger charge is 2.50. The predicted octanol–water partition coefficient (Wildman–Crippen LogP) is 6.43. The zero-order chi connectivity index (χ0) is 32.1. The summed E-state index contributed by atoms with van der Waals surface area (Å²) in [4.78, 5) is 43.2. The maximum absolute atomic E-state index is 14.4. The lowest BCUT2D eigenvalue weighted by Crippen LogP contribution is -2.61. The summed E-state index contributed by atoms with van der Waals surface area (Å²) in [5.74, 6) is 3.15. The van der Waals surface area contributed by atoms with Gasteiger partial charge in [-0.15, -0.1) is 0 Å². The van der Waals surface area contributed by atoms with Crippen LogP contribution in [0.1, 0.15) is 63.5 Å². The van der Waals surface area contributed by atoms with Gasteiger partial charge in [0, 0.05) is 41.1 Å². The normalized spacial score (nSPS) is 25.0. The zero-order valence-corrected chi connectivity index (χ0v) is 27.8. The van der Waals surface area contributed by atoms with Crippen molar-refractivity contribution in [3.8, 4) is 0 Å². The fourth-order valence-electron chi connectivity index (χ4n) is 8.30. The number of amides is 2. The summed E-state index contributed by atoms with van der Waals surface area (Å²) in [6.07, 6.45) is 8.50. The molecule has 46 heavy (non-hydrogen) atoms. The summed E-state index contributed by atoms with van der Waals surface area (Å²) in [5.41, 5.74) is 1.77. The molecule has 0 saturated heterocycles. The van der Waals surface area contributed by atoms with Gasteiger partial charge in [-0.25, -0.2) is 4.79 Å². The number of alkyl carbamates (subject to hydrolysis) is 1. The molecule has 3 aromatic rings. The highest BCUT2D eigenvalue weighted by atomic mass is 32.2. The number of rotatable bonds is 14. The van der Waals surface area contributed by atoms with Crippen LogP contribution >= 0.6 is 11.8 Å². The second kappa shape index (κ2) is 14.5. The van der Waals surface area contributed by atoms with E-state index >= 15 is 0 Å². The van der Waals surface area contributed by atoms with Crippen molar-refractivity contribution >= 4 is 40.6 Å². The number of esters is 1. The molecule has 4 saturated carbocycles. The van der Waals surface area contributed by atoms with E-state index in [1.54, 1.807) is 25.6 Å². The molecule has 1 heterocycles. The van der Waals surface area contributed by atoms with E-state index < -0.39 is 11.6 Å². The molecule has 0 radical (unpaired) electrons. The minimum absolute atomic E-state index is 0.0742. The van der Waals surface area contributed by atoms with Crippen LogP contribution in [0.15, 0.2) is 60.8 Å². The quantitative estimate of drug-likeness (QED) is 0.138. The third-order valence-corrected chi connectivity index (χ3v) is 11.3. The lowest BCUT2D eigenvalue weighted by molar-refractivity contribution is -0.142. The number of para-hydroxylation sites is 1. The number of nitrogens with one attached hydrogen (secondary N) is 3. The number of aromatic amines is 1. The van der Waals surface area contributed by atoms with Gasteiger partial charge in [-0.3, -0.25) is 9.59 Å². The number of thioether (sulfide) groups is 1. The van der Waals surface area contributed by atoms with Crippen molar-refractivity contribution < 1.29 is 23.9 Å². The Morgan fingerprint density at radius 2 is 1.67 bits per heavy atom. The summed E-state index contributed by atoms with van der Waals surface area (Å²) < 4.78 is 11.3. The van der Waals surface area contributed by atoms with Crippen LogP contribution in [0.3, 0.4) is 0 Å². The Labute approximate surface area is 276 Å². The van der Waals surface area contributed by atoms with Gasteiger partial charge in [0.2, 0.25) is 5.91 Å². The van der Waals surface area contributed by atoms with Gasteiger partial charge in [0.05, 0.1) is 13.0 Å². The smallest absolute Gasteiger partial charge is 0.408 e. The van der Waals surface area contributed by atoms with E-state index in [2.05, 4.69) is 15.6 Å². The Balaban J connectivity index is 1.18. The average Bonchev–Trinajstić information content (AvgIpc) is 3.43. The van der Waals surface area contributed by atoms with Crippen molar-refractivity contribution in [3.63, 3.8) is 0 Å². The first kappa shape index (κ1) is 32.5. The number of hydrogen-bond acceptors (Lipinski definition) is 6. The molecular weight excluding hydrogens is 598 g/mol. The van der Waals surface area contributed by atoms with Crippen LogP contribution in [-0.2, 0) is 31.9 Å². The van der Waals surface area contributed by atoms with Gasteiger partial charge < -0.3 is 25.1 Å². The number of H-pyrrole nitrogens is 1. The molecule has 4 bridgehead atoms. The summed E-state index contributed by atoms with van der Waals surface area (Å²) >= 11 is 1.61. The molecule has 9 heteroatoms. The molecule has 0 unspecified atom stereocenters. The van der Waals surface area contributed by atoms with Crippen LogP contribution in [0.25, 0.3) is 10.9 Å². The molecule has 0 spiro atoms. The topological polar surface area (TPSA) is 110 Å². The molecule has 2 aromatic carbocycles. The molecule has 4 fully saturated rings. The lowest BCUT2D eigenvalue weighted by Gasteiger charge is -2.53. The van der Waals surface area contributed by atoms with Gasteiger partial charge in [0.15, 0.2) is 0 Å². The number of aromatic nitrogens is 1. The molecular formula is C37H47N3O5S. The molecule has 4 aliphatic carbocycles.